The Hall–Kier alpha value is -2.61. The van der Waals surface area contributed by atoms with Crippen molar-refractivity contribution in [2.45, 2.75) is 13.7 Å². The molecule has 23 heavy (non-hydrogen) atoms. The maximum Gasteiger partial charge on any atom is 0.193 e. The highest BCUT2D eigenvalue weighted by Gasteiger charge is 2.09. The van der Waals surface area contributed by atoms with Crippen LogP contribution in [-0.4, -0.2) is 13.1 Å². The Balaban J connectivity index is 1.89. The van der Waals surface area contributed by atoms with Crippen LogP contribution in [0.5, 0.6) is 0 Å². The molecular weight excluding hydrogens is 279 g/mol. The minimum atomic E-state index is 0.0600. The van der Waals surface area contributed by atoms with Crippen LogP contribution >= 0.6 is 0 Å². The van der Waals surface area contributed by atoms with Crippen molar-refractivity contribution in [3.63, 3.8) is 0 Å². The molecule has 0 N–H and O–H groups in total. The molecule has 0 atom stereocenters. The van der Waals surface area contributed by atoms with Gasteiger partial charge in [-0.2, -0.15) is 0 Å². The minimum Gasteiger partial charge on any atom is -0.289 e. The summed E-state index contributed by atoms with van der Waals surface area (Å²) in [7, 11) is 2.10. The van der Waals surface area contributed by atoms with Gasteiger partial charge >= 0.3 is 0 Å². The molecule has 0 aromatic heterocycles. The molecule has 0 heterocycles. The van der Waals surface area contributed by atoms with E-state index in [2.05, 4.69) is 32.4 Å². The molecule has 0 spiro atoms. The fourth-order valence-electron chi connectivity index (χ4n) is 2.75. The summed E-state index contributed by atoms with van der Waals surface area (Å²) < 4.78 is 0. The van der Waals surface area contributed by atoms with Gasteiger partial charge in [-0.3, -0.25) is 4.79 Å². The fourth-order valence-corrected chi connectivity index (χ4v) is 2.75. The molecule has 0 bridgehead atoms. The van der Waals surface area contributed by atoms with Crippen LogP contribution in [0.1, 0.15) is 21.5 Å². The second-order valence-electron chi connectivity index (χ2n) is 5.64. The molecule has 0 amide bonds. The van der Waals surface area contributed by atoms with Crippen LogP contribution in [0.15, 0.2) is 72.8 Å². The molecule has 3 aromatic rings. The van der Waals surface area contributed by atoms with Gasteiger partial charge in [0, 0.05) is 11.1 Å². The molecule has 3 rings (SSSR count). The monoisotopic (exact) mass is 297 g/mol. The average molecular weight is 297 g/mol. The maximum atomic E-state index is 12.4. The predicted molar refractivity (Wildman–Crippen MR) is 97.7 cm³/mol. The van der Waals surface area contributed by atoms with Crippen molar-refractivity contribution < 1.29 is 4.79 Å². The topological polar surface area (TPSA) is 17.1 Å². The van der Waals surface area contributed by atoms with E-state index in [1.165, 1.54) is 16.6 Å². The molecule has 0 aliphatic heterocycles. The number of aryl methyl sites for hydroxylation is 1. The Morgan fingerprint density at radius 1 is 0.826 bits per heavy atom. The van der Waals surface area contributed by atoms with Crippen molar-refractivity contribution >= 4 is 18.5 Å². The zero-order valence-electron chi connectivity index (χ0n) is 13.4. The quantitative estimate of drug-likeness (QED) is 0.519. The third-order valence-corrected chi connectivity index (χ3v) is 4.08. The Morgan fingerprint density at radius 3 is 2.09 bits per heavy atom. The summed E-state index contributed by atoms with van der Waals surface area (Å²) in [5.41, 5.74) is 6.24. The lowest BCUT2D eigenvalue weighted by Gasteiger charge is -2.09. The molecule has 2 heteroatoms. The predicted octanol–water partition coefficient (Wildman–Crippen LogP) is 4.27. The Kier molecular flexibility index (Phi) is 4.43. The lowest BCUT2D eigenvalue weighted by molar-refractivity contribution is 0.103. The molecule has 1 radical (unpaired) electrons. The van der Waals surface area contributed by atoms with E-state index in [-0.39, 0.29) is 5.78 Å². The van der Waals surface area contributed by atoms with E-state index in [0.29, 0.717) is 0 Å². The average Bonchev–Trinajstić information content (AvgIpc) is 2.62. The van der Waals surface area contributed by atoms with Crippen LogP contribution in [0.2, 0.25) is 6.82 Å². The van der Waals surface area contributed by atoms with Gasteiger partial charge in [0.25, 0.3) is 0 Å². The van der Waals surface area contributed by atoms with Gasteiger partial charge in [0.15, 0.2) is 5.78 Å². The first-order valence-corrected chi connectivity index (χ1v) is 7.79. The first-order valence-electron chi connectivity index (χ1n) is 7.79. The molecule has 3 aromatic carbocycles. The van der Waals surface area contributed by atoms with Crippen molar-refractivity contribution in [3.8, 4) is 11.1 Å². The first-order chi connectivity index (χ1) is 11.2. The largest absolute Gasteiger partial charge is 0.289 e. The standard InChI is InChI=1S/C21H18BO/c1-15-14-19(22-2)12-13-20(15)16-8-10-18(11-9-16)21(23)17-6-4-3-5-7-17/h3-14H,1-2H3. The molecule has 0 saturated heterocycles. The second-order valence-corrected chi connectivity index (χ2v) is 5.64. The fraction of sp³-hybridized carbons (Fsp3) is 0.0952. The molecule has 0 saturated carbocycles. The number of hydrogen-bond donors (Lipinski definition) is 0. The minimum absolute atomic E-state index is 0.0600. The highest BCUT2D eigenvalue weighted by Crippen LogP contribution is 2.23. The molecular formula is C21H18BO. The van der Waals surface area contributed by atoms with Gasteiger partial charge in [-0.25, -0.2) is 0 Å². The maximum absolute atomic E-state index is 12.4. The SMILES string of the molecule is C[B]c1ccc(-c2ccc(C(=O)c3ccccc3)cc2)c(C)c1. The second kappa shape index (κ2) is 6.66. The number of ketones is 1. The van der Waals surface area contributed by atoms with Crippen molar-refractivity contribution in [1.82, 2.24) is 0 Å². The lowest BCUT2D eigenvalue weighted by Crippen LogP contribution is -2.10. The van der Waals surface area contributed by atoms with E-state index < -0.39 is 0 Å². The van der Waals surface area contributed by atoms with E-state index in [1.54, 1.807) is 0 Å². The van der Waals surface area contributed by atoms with Crippen molar-refractivity contribution in [2.75, 3.05) is 0 Å². The third kappa shape index (κ3) is 3.27. The molecule has 1 nitrogen and oxygen atoms in total. The van der Waals surface area contributed by atoms with Gasteiger partial charge in [0.2, 0.25) is 0 Å². The van der Waals surface area contributed by atoms with Crippen molar-refractivity contribution in [1.29, 1.82) is 0 Å². The summed E-state index contributed by atoms with van der Waals surface area (Å²) in [4.78, 5) is 12.4. The zero-order chi connectivity index (χ0) is 16.2. The zero-order valence-corrected chi connectivity index (χ0v) is 13.4. The summed E-state index contributed by atoms with van der Waals surface area (Å²) >= 11 is 0. The summed E-state index contributed by atoms with van der Waals surface area (Å²) in [6.45, 7) is 4.16. The van der Waals surface area contributed by atoms with E-state index in [1.807, 2.05) is 61.4 Å². The van der Waals surface area contributed by atoms with Gasteiger partial charge in [0.1, 0.15) is 7.28 Å². The Morgan fingerprint density at radius 2 is 1.48 bits per heavy atom. The van der Waals surface area contributed by atoms with Crippen molar-refractivity contribution in [2.24, 2.45) is 0 Å². The number of carbonyl (C=O) groups excluding carboxylic acids is 1. The molecule has 0 fully saturated rings. The van der Waals surface area contributed by atoms with Crippen LogP contribution in [0.25, 0.3) is 11.1 Å². The van der Waals surface area contributed by atoms with Gasteiger partial charge in [-0.15, -0.1) is 0 Å². The summed E-state index contributed by atoms with van der Waals surface area (Å²) in [5.74, 6) is 0.0600. The van der Waals surface area contributed by atoms with Gasteiger partial charge in [-0.1, -0.05) is 85.1 Å². The normalized spacial score (nSPS) is 10.3. The van der Waals surface area contributed by atoms with E-state index in [9.17, 15) is 4.79 Å². The Labute approximate surface area is 138 Å². The van der Waals surface area contributed by atoms with Gasteiger partial charge in [-0.05, 0) is 23.6 Å². The van der Waals surface area contributed by atoms with Crippen LogP contribution in [0, 0.1) is 6.92 Å². The van der Waals surface area contributed by atoms with E-state index in [0.717, 1.165) is 16.7 Å². The van der Waals surface area contributed by atoms with Crippen LogP contribution in [-0.2, 0) is 0 Å². The molecule has 0 unspecified atom stereocenters. The van der Waals surface area contributed by atoms with Crippen LogP contribution in [0.4, 0.5) is 0 Å². The van der Waals surface area contributed by atoms with E-state index in [4.69, 9.17) is 0 Å². The van der Waals surface area contributed by atoms with Gasteiger partial charge in [0.05, 0.1) is 0 Å². The number of hydrogen-bond acceptors (Lipinski definition) is 1. The lowest BCUT2D eigenvalue weighted by atomic mass is 9.72. The number of benzene rings is 3. The highest BCUT2D eigenvalue weighted by molar-refractivity contribution is 6.51. The number of rotatable bonds is 4. The molecule has 0 aliphatic carbocycles. The summed E-state index contributed by atoms with van der Waals surface area (Å²) in [6, 6.07) is 23.7. The Bertz CT molecular complexity index is 820. The van der Waals surface area contributed by atoms with E-state index >= 15 is 0 Å². The molecule has 111 valence electrons. The first kappa shape index (κ1) is 15.3. The van der Waals surface area contributed by atoms with Gasteiger partial charge < -0.3 is 0 Å². The van der Waals surface area contributed by atoms with Crippen LogP contribution in [0.3, 0.4) is 0 Å². The summed E-state index contributed by atoms with van der Waals surface area (Å²) in [5, 5.41) is 0. The number of carbonyl (C=O) groups is 1. The molecule has 0 aliphatic rings. The third-order valence-electron chi connectivity index (χ3n) is 4.08. The van der Waals surface area contributed by atoms with Crippen LogP contribution < -0.4 is 5.46 Å². The summed E-state index contributed by atoms with van der Waals surface area (Å²) in [6.07, 6.45) is 0. The smallest absolute Gasteiger partial charge is 0.193 e. The van der Waals surface area contributed by atoms with Crippen molar-refractivity contribution in [3.05, 3.63) is 89.5 Å². The highest BCUT2D eigenvalue weighted by atomic mass is 16.1.